The third-order valence-corrected chi connectivity index (χ3v) is 3.79. The third-order valence-electron chi connectivity index (χ3n) is 3.46. The molecule has 2 rings (SSSR count). The van der Waals surface area contributed by atoms with Gasteiger partial charge in [0.2, 0.25) is 5.91 Å². The minimum absolute atomic E-state index is 0.00870. The van der Waals surface area contributed by atoms with Crippen molar-refractivity contribution in [3.63, 3.8) is 0 Å². The average molecular weight is 281 g/mol. The Morgan fingerprint density at radius 1 is 1.32 bits per heavy atom. The molecule has 19 heavy (non-hydrogen) atoms. The summed E-state index contributed by atoms with van der Waals surface area (Å²) in [7, 11) is 0. The third kappa shape index (κ3) is 4.22. The van der Waals surface area contributed by atoms with Crippen molar-refractivity contribution in [1.82, 2.24) is 4.90 Å². The highest BCUT2D eigenvalue weighted by Crippen LogP contribution is 2.22. The molecule has 1 aromatic rings. The van der Waals surface area contributed by atoms with Gasteiger partial charge in [-0.05, 0) is 30.4 Å². The number of halogens is 1. The van der Waals surface area contributed by atoms with Gasteiger partial charge in [0, 0.05) is 13.1 Å². The summed E-state index contributed by atoms with van der Waals surface area (Å²) in [5.74, 6) is 1.34. The lowest BCUT2D eigenvalue weighted by Gasteiger charge is -2.34. The number of hydrogen-bond donors (Lipinski definition) is 1. The van der Waals surface area contributed by atoms with E-state index in [-0.39, 0.29) is 5.91 Å². The largest absolute Gasteiger partial charge is 0.324 e. The zero-order valence-corrected chi connectivity index (χ0v) is 12.3. The summed E-state index contributed by atoms with van der Waals surface area (Å²) in [6.45, 7) is 6.93. The van der Waals surface area contributed by atoms with Crippen LogP contribution in [0.5, 0.6) is 0 Å². The second-order valence-corrected chi connectivity index (χ2v) is 6.08. The summed E-state index contributed by atoms with van der Waals surface area (Å²) in [5, 5.41) is 3.45. The van der Waals surface area contributed by atoms with Crippen LogP contribution in [0.4, 0.5) is 5.69 Å². The molecule has 104 valence electrons. The summed E-state index contributed by atoms with van der Waals surface area (Å²) < 4.78 is 0. The first-order valence-electron chi connectivity index (χ1n) is 6.81. The molecular formula is C15H21ClN2O. The molecule has 1 aliphatic rings. The molecule has 1 heterocycles. The van der Waals surface area contributed by atoms with Gasteiger partial charge in [-0.15, -0.1) is 0 Å². The van der Waals surface area contributed by atoms with E-state index in [0.29, 0.717) is 29.1 Å². The first-order chi connectivity index (χ1) is 9.04. The smallest absolute Gasteiger partial charge is 0.238 e. The van der Waals surface area contributed by atoms with Crippen molar-refractivity contribution in [2.75, 3.05) is 25.0 Å². The number of likely N-dealkylation sites (tertiary alicyclic amines) is 1. The molecule has 1 N–H and O–H groups in total. The zero-order valence-electron chi connectivity index (χ0n) is 11.5. The van der Waals surface area contributed by atoms with Crippen LogP contribution in [0.2, 0.25) is 5.02 Å². The van der Waals surface area contributed by atoms with Crippen LogP contribution in [-0.4, -0.2) is 30.4 Å². The van der Waals surface area contributed by atoms with Crippen molar-refractivity contribution >= 4 is 23.2 Å². The highest BCUT2D eigenvalue weighted by molar-refractivity contribution is 6.33. The number of rotatable bonds is 3. The lowest BCUT2D eigenvalue weighted by molar-refractivity contribution is -0.117. The van der Waals surface area contributed by atoms with Crippen LogP contribution >= 0.6 is 11.6 Å². The maximum absolute atomic E-state index is 12.0. The number of nitrogens with zero attached hydrogens (tertiary/aromatic N) is 1. The fourth-order valence-corrected chi connectivity index (χ4v) is 3.06. The van der Waals surface area contributed by atoms with E-state index in [0.717, 1.165) is 13.1 Å². The topological polar surface area (TPSA) is 32.3 Å². The van der Waals surface area contributed by atoms with E-state index in [4.69, 9.17) is 11.6 Å². The van der Waals surface area contributed by atoms with E-state index in [9.17, 15) is 4.79 Å². The summed E-state index contributed by atoms with van der Waals surface area (Å²) in [6, 6.07) is 7.32. The Morgan fingerprint density at radius 2 is 1.95 bits per heavy atom. The predicted octanol–water partition coefficient (Wildman–Crippen LogP) is 3.26. The van der Waals surface area contributed by atoms with E-state index >= 15 is 0 Å². The van der Waals surface area contributed by atoms with Gasteiger partial charge in [-0.3, -0.25) is 9.69 Å². The molecule has 0 aliphatic carbocycles. The Labute approximate surface area is 119 Å². The number of hydrogen-bond acceptors (Lipinski definition) is 2. The van der Waals surface area contributed by atoms with Gasteiger partial charge >= 0.3 is 0 Å². The normalized spacial score (nSPS) is 24.2. The molecule has 1 amide bonds. The second kappa shape index (κ2) is 6.40. The predicted molar refractivity (Wildman–Crippen MR) is 79.5 cm³/mol. The van der Waals surface area contributed by atoms with Gasteiger partial charge in [0.15, 0.2) is 0 Å². The number of nitrogens with one attached hydrogen (secondary N) is 1. The molecule has 1 saturated heterocycles. The lowest BCUT2D eigenvalue weighted by Crippen LogP contribution is -2.42. The van der Waals surface area contributed by atoms with Crippen LogP contribution in [0.25, 0.3) is 0 Å². The van der Waals surface area contributed by atoms with Crippen LogP contribution in [0, 0.1) is 11.8 Å². The number of amides is 1. The Balaban J connectivity index is 1.89. The summed E-state index contributed by atoms with van der Waals surface area (Å²) in [5.41, 5.74) is 0.687. The van der Waals surface area contributed by atoms with Crippen LogP contribution in [0.1, 0.15) is 20.3 Å². The van der Waals surface area contributed by atoms with Crippen molar-refractivity contribution < 1.29 is 4.79 Å². The quantitative estimate of drug-likeness (QED) is 0.922. The van der Waals surface area contributed by atoms with Crippen molar-refractivity contribution in [2.45, 2.75) is 20.3 Å². The number of benzene rings is 1. The van der Waals surface area contributed by atoms with Crippen LogP contribution < -0.4 is 5.32 Å². The lowest BCUT2D eigenvalue weighted by atomic mass is 9.92. The van der Waals surface area contributed by atoms with E-state index in [2.05, 4.69) is 24.1 Å². The first-order valence-corrected chi connectivity index (χ1v) is 7.19. The van der Waals surface area contributed by atoms with Crippen LogP contribution in [0.3, 0.4) is 0 Å². The van der Waals surface area contributed by atoms with Gasteiger partial charge < -0.3 is 5.32 Å². The second-order valence-electron chi connectivity index (χ2n) is 5.67. The van der Waals surface area contributed by atoms with Gasteiger partial charge in [0.25, 0.3) is 0 Å². The van der Waals surface area contributed by atoms with Gasteiger partial charge in [-0.2, -0.15) is 0 Å². The first kappa shape index (κ1) is 14.4. The van der Waals surface area contributed by atoms with E-state index in [1.807, 2.05) is 18.2 Å². The minimum atomic E-state index is 0.00870. The number of piperidine rings is 1. The summed E-state index contributed by atoms with van der Waals surface area (Å²) in [6.07, 6.45) is 1.25. The van der Waals surface area contributed by atoms with Gasteiger partial charge in [-0.25, -0.2) is 0 Å². The molecule has 0 bridgehead atoms. The minimum Gasteiger partial charge on any atom is -0.324 e. The summed E-state index contributed by atoms with van der Waals surface area (Å²) >= 11 is 6.03. The van der Waals surface area contributed by atoms with E-state index in [1.54, 1.807) is 6.07 Å². The van der Waals surface area contributed by atoms with Crippen LogP contribution in [-0.2, 0) is 4.79 Å². The molecule has 3 nitrogen and oxygen atoms in total. The van der Waals surface area contributed by atoms with Gasteiger partial charge in [0.1, 0.15) is 0 Å². The fraction of sp³-hybridized carbons (Fsp3) is 0.533. The molecule has 0 aromatic heterocycles. The monoisotopic (exact) mass is 280 g/mol. The van der Waals surface area contributed by atoms with Gasteiger partial charge in [0.05, 0.1) is 17.3 Å². The van der Waals surface area contributed by atoms with E-state index < -0.39 is 0 Å². The van der Waals surface area contributed by atoms with Crippen molar-refractivity contribution in [2.24, 2.45) is 11.8 Å². The SMILES string of the molecule is C[C@@H]1C[C@H](C)CN(CC(=O)Nc2ccccc2Cl)C1. The molecule has 2 atom stereocenters. The molecule has 4 heteroatoms. The molecule has 0 spiro atoms. The Hall–Kier alpha value is -1.06. The summed E-state index contributed by atoms with van der Waals surface area (Å²) in [4.78, 5) is 14.3. The Morgan fingerprint density at radius 3 is 2.58 bits per heavy atom. The standard InChI is InChI=1S/C15H21ClN2O/c1-11-7-12(2)9-18(8-11)10-15(19)17-14-6-4-3-5-13(14)16/h3-6,11-12H,7-10H2,1-2H3,(H,17,19)/t11-,12+. The highest BCUT2D eigenvalue weighted by atomic mass is 35.5. The van der Waals surface area contributed by atoms with Gasteiger partial charge in [-0.1, -0.05) is 37.6 Å². The van der Waals surface area contributed by atoms with Crippen molar-refractivity contribution in [3.05, 3.63) is 29.3 Å². The maximum atomic E-state index is 12.0. The number of carbonyl (C=O) groups excluding carboxylic acids is 1. The van der Waals surface area contributed by atoms with Crippen molar-refractivity contribution in [1.29, 1.82) is 0 Å². The number of carbonyl (C=O) groups is 1. The Kier molecular flexibility index (Phi) is 4.83. The molecule has 1 aliphatic heterocycles. The number of anilines is 1. The molecule has 1 fully saturated rings. The Bertz CT molecular complexity index is 440. The fourth-order valence-electron chi connectivity index (χ4n) is 2.88. The van der Waals surface area contributed by atoms with E-state index in [1.165, 1.54) is 6.42 Å². The maximum Gasteiger partial charge on any atom is 0.238 e. The molecular weight excluding hydrogens is 260 g/mol. The molecule has 0 saturated carbocycles. The highest BCUT2D eigenvalue weighted by Gasteiger charge is 2.23. The molecule has 0 unspecified atom stereocenters. The molecule has 1 aromatic carbocycles. The number of para-hydroxylation sites is 1. The molecule has 0 radical (unpaired) electrons. The zero-order chi connectivity index (χ0) is 13.8. The van der Waals surface area contributed by atoms with Crippen molar-refractivity contribution in [3.8, 4) is 0 Å². The van der Waals surface area contributed by atoms with Crippen LogP contribution in [0.15, 0.2) is 24.3 Å². The average Bonchev–Trinajstić information content (AvgIpc) is 2.30.